The number of anilines is 2. The van der Waals surface area contributed by atoms with E-state index < -0.39 is 6.60 Å². The van der Waals surface area contributed by atoms with Gasteiger partial charge in [0.1, 0.15) is 6.10 Å². The number of methoxy groups -OCH3 is 1. The van der Waals surface area contributed by atoms with E-state index in [1.54, 1.807) is 0 Å². The third-order valence-corrected chi connectivity index (χ3v) is 17.6. The van der Waals surface area contributed by atoms with E-state index in [1.165, 1.54) is 36.7 Å². The molecule has 3 fully saturated rings. The van der Waals surface area contributed by atoms with Crippen molar-refractivity contribution in [2.75, 3.05) is 45.9 Å². The first-order valence-corrected chi connectivity index (χ1v) is 18.5. The number of hydrogen-bond donors (Lipinski definition) is 2. The molecule has 0 unspecified atom stereocenters. The second kappa shape index (κ2) is 10.0. The van der Waals surface area contributed by atoms with E-state index in [-0.39, 0.29) is 0 Å². The normalized spacial score (nSPS) is 19.6. The molecule has 7 rings (SSSR count). The number of benzene rings is 2. The van der Waals surface area contributed by atoms with E-state index in [9.17, 15) is 0 Å². The summed E-state index contributed by atoms with van der Waals surface area (Å²) >= 11 is 0. The summed E-state index contributed by atoms with van der Waals surface area (Å²) in [5.41, 5.74) is 6.95. The standard InChI is InChI=1S/C34H43N4O2P/c1-38-20-17-25(18-21-38)40-24-10-8-23(9-11-24)31-22-28-29(16-19-35-34(28)37-31)36-30-6-5-7-32(39-2)33(30)41(3,4,26-12-13-26)27-14-15-27/h5-11,16,19,22,25-27H,12-15,17-18,20-21H2,1-4H3,(H2,35,36,37). The van der Waals surface area contributed by atoms with Gasteiger partial charge in [0.25, 0.3) is 0 Å². The monoisotopic (exact) mass is 570 g/mol. The van der Waals surface area contributed by atoms with Crippen molar-refractivity contribution in [2.24, 2.45) is 0 Å². The Bertz CT molecular complexity index is 1550. The quantitative estimate of drug-likeness (QED) is 0.208. The van der Waals surface area contributed by atoms with Crippen LogP contribution in [0.2, 0.25) is 0 Å². The van der Waals surface area contributed by atoms with E-state index in [0.29, 0.717) is 6.10 Å². The Kier molecular flexibility index (Phi) is 6.55. The number of aromatic amines is 1. The first-order chi connectivity index (χ1) is 19.8. The molecule has 3 aliphatic rings. The van der Waals surface area contributed by atoms with Gasteiger partial charge in [0, 0.05) is 13.1 Å². The second-order valence-electron chi connectivity index (χ2n) is 13.2. The van der Waals surface area contributed by atoms with Gasteiger partial charge in [-0.1, -0.05) is 0 Å². The average Bonchev–Trinajstić information content (AvgIpc) is 3.91. The number of ether oxygens (including phenoxy) is 2. The Hall–Kier alpha value is -3.08. The number of piperidine rings is 1. The fraction of sp³-hybridized carbons (Fsp3) is 0.441. The van der Waals surface area contributed by atoms with E-state index in [4.69, 9.17) is 9.47 Å². The molecule has 1 saturated heterocycles. The number of rotatable bonds is 9. The van der Waals surface area contributed by atoms with E-state index in [1.807, 2.05) is 13.3 Å². The van der Waals surface area contributed by atoms with Crippen molar-refractivity contribution in [3.63, 3.8) is 0 Å². The molecule has 0 atom stereocenters. The van der Waals surface area contributed by atoms with Crippen LogP contribution in [0.25, 0.3) is 22.3 Å². The van der Waals surface area contributed by atoms with Crippen LogP contribution in [0.3, 0.4) is 0 Å². The molecule has 0 spiro atoms. The molecule has 6 nitrogen and oxygen atoms in total. The summed E-state index contributed by atoms with van der Waals surface area (Å²) in [6.07, 6.45) is 9.75. The molecule has 2 aromatic carbocycles. The molecular weight excluding hydrogens is 527 g/mol. The number of H-pyrrole nitrogens is 1. The van der Waals surface area contributed by atoms with Gasteiger partial charge in [-0.05, 0) is 19.9 Å². The zero-order chi connectivity index (χ0) is 28.2. The zero-order valence-electron chi connectivity index (χ0n) is 24.8. The molecule has 216 valence electrons. The maximum absolute atomic E-state index is 6.28. The van der Waals surface area contributed by atoms with E-state index in [0.717, 1.165) is 76.7 Å². The fourth-order valence-corrected chi connectivity index (χ4v) is 13.9. The van der Waals surface area contributed by atoms with Gasteiger partial charge in [-0.3, -0.25) is 0 Å². The SMILES string of the molecule is COc1cccc(Nc2ccnc3[nH]c(-c4ccc(OC5CCN(C)CC5)cc4)cc23)c1P(C)(C)(C1CC1)C1CC1. The molecule has 2 saturated carbocycles. The Morgan fingerprint density at radius 1 is 0.902 bits per heavy atom. The minimum absolute atomic E-state index is 0.302. The van der Waals surface area contributed by atoms with Crippen LogP contribution in [0, 0.1) is 0 Å². The fourth-order valence-electron chi connectivity index (χ4n) is 7.36. The van der Waals surface area contributed by atoms with Crippen molar-refractivity contribution in [1.82, 2.24) is 14.9 Å². The number of likely N-dealkylation sites (tertiary alicyclic amines) is 1. The summed E-state index contributed by atoms with van der Waals surface area (Å²) in [4.78, 5) is 10.6. The number of fused-ring (bicyclic) bond motifs is 1. The first kappa shape index (κ1) is 26.8. The Balaban J connectivity index is 1.19. The molecule has 2 aromatic heterocycles. The van der Waals surface area contributed by atoms with Crippen LogP contribution >= 0.6 is 6.60 Å². The molecule has 2 N–H and O–H groups in total. The maximum atomic E-state index is 6.28. The zero-order valence-corrected chi connectivity index (χ0v) is 25.7. The van der Waals surface area contributed by atoms with Crippen LogP contribution in [0.15, 0.2) is 60.8 Å². The number of nitrogens with zero attached hydrogens (tertiary/aromatic N) is 2. The van der Waals surface area contributed by atoms with Gasteiger partial charge in [0.2, 0.25) is 0 Å². The molecule has 1 aliphatic heterocycles. The third-order valence-electron chi connectivity index (χ3n) is 10.2. The summed E-state index contributed by atoms with van der Waals surface area (Å²) in [5, 5.41) is 6.42. The second-order valence-corrected chi connectivity index (χ2v) is 19.8. The topological polar surface area (TPSA) is 62.4 Å². The summed E-state index contributed by atoms with van der Waals surface area (Å²) < 4.78 is 12.3. The van der Waals surface area contributed by atoms with Crippen LogP contribution in [-0.2, 0) is 0 Å². The molecular formula is C34H43N4O2P. The van der Waals surface area contributed by atoms with Crippen LogP contribution in [-0.4, -0.2) is 72.9 Å². The molecule has 7 heteroatoms. The summed E-state index contributed by atoms with van der Waals surface area (Å²) in [7, 11) is 4.00. The van der Waals surface area contributed by atoms with Gasteiger partial charge < -0.3 is 4.90 Å². The average molecular weight is 571 g/mol. The molecule has 0 bridgehead atoms. The van der Waals surface area contributed by atoms with Gasteiger partial charge >= 0.3 is 200 Å². The molecule has 41 heavy (non-hydrogen) atoms. The van der Waals surface area contributed by atoms with Crippen LogP contribution < -0.4 is 20.1 Å². The number of hydrogen-bond acceptors (Lipinski definition) is 5. The number of nitrogens with one attached hydrogen (secondary N) is 2. The molecule has 4 aromatic rings. The predicted molar refractivity (Wildman–Crippen MR) is 173 cm³/mol. The van der Waals surface area contributed by atoms with E-state index >= 15 is 0 Å². The molecule has 0 amide bonds. The number of pyridine rings is 1. The third kappa shape index (κ3) is 4.79. The van der Waals surface area contributed by atoms with Crippen molar-refractivity contribution < 1.29 is 9.47 Å². The van der Waals surface area contributed by atoms with Crippen molar-refractivity contribution in [3.05, 3.63) is 60.8 Å². The molecule has 0 radical (unpaired) electrons. The minimum atomic E-state index is -2.19. The number of aromatic nitrogens is 2. The van der Waals surface area contributed by atoms with E-state index in [2.05, 4.69) is 95.2 Å². The summed E-state index contributed by atoms with van der Waals surface area (Å²) in [6.45, 7) is 5.25. The summed E-state index contributed by atoms with van der Waals surface area (Å²) in [6, 6.07) is 19.3. The van der Waals surface area contributed by atoms with Crippen LogP contribution in [0.1, 0.15) is 38.5 Å². The first-order valence-electron chi connectivity index (χ1n) is 15.2. The van der Waals surface area contributed by atoms with Gasteiger partial charge in [0.15, 0.2) is 0 Å². The van der Waals surface area contributed by atoms with Crippen molar-refractivity contribution in [3.8, 4) is 22.8 Å². The van der Waals surface area contributed by atoms with Gasteiger partial charge in [-0.2, -0.15) is 0 Å². The van der Waals surface area contributed by atoms with Crippen molar-refractivity contribution in [2.45, 2.75) is 55.9 Å². The predicted octanol–water partition coefficient (Wildman–Crippen LogP) is 7.22. The molecule has 2 aliphatic carbocycles. The Labute approximate surface area is 243 Å². The Morgan fingerprint density at radius 3 is 2.27 bits per heavy atom. The van der Waals surface area contributed by atoms with Gasteiger partial charge in [0.05, 0.1) is 0 Å². The van der Waals surface area contributed by atoms with Crippen LogP contribution in [0.4, 0.5) is 11.4 Å². The van der Waals surface area contributed by atoms with Gasteiger partial charge in [-0.25, -0.2) is 0 Å². The van der Waals surface area contributed by atoms with Crippen molar-refractivity contribution in [1.29, 1.82) is 0 Å². The summed E-state index contributed by atoms with van der Waals surface area (Å²) in [5.74, 6) is 1.98. The van der Waals surface area contributed by atoms with Crippen molar-refractivity contribution >= 4 is 34.3 Å². The Morgan fingerprint density at radius 2 is 1.61 bits per heavy atom. The van der Waals surface area contributed by atoms with Gasteiger partial charge in [-0.15, -0.1) is 0 Å². The van der Waals surface area contributed by atoms with Crippen LogP contribution in [0.5, 0.6) is 11.5 Å². The molecule has 3 heterocycles.